The van der Waals surface area contributed by atoms with Crippen LogP contribution in [0.5, 0.6) is 0 Å². The van der Waals surface area contributed by atoms with E-state index in [2.05, 4.69) is 23.9 Å². The van der Waals surface area contributed by atoms with Gasteiger partial charge in [-0.2, -0.15) is 0 Å². The van der Waals surface area contributed by atoms with E-state index in [1.54, 1.807) is 6.92 Å². The van der Waals surface area contributed by atoms with E-state index in [1.807, 2.05) is 0 Å². The second kappa shape index (κ2) is 3.96. The number of rotatable bonds is 6. The van der Waals surface area contributed by atoms with Crippen molar-refractivity contribution in [3.8, 4) is 0 Å². The second-order valence-electron chi connectivity index (χ2n) is 5.90. The van der Waals surface area contributed by atoms with E-state index in [0.29, 0.717) is 12.6 Å². The molecule has 0 aromatic rings. The Bertz CT molecular complexity index is 360. The summed E-state index contributed by atoms with van der Waals surface area (Å²) in [5.74, 6) is 0. The van der Waals surface area contributed by atoms with E-state index in [-0.39, 0.29) is 16.7 Å². The van der Waals surface area contributed by atoms with E-state index in [9.17, 15) is 8.42 Å². The zero-order valence-electron chi connectivity index (χ0n) is 10.3. The van der Waals surface area contributed by atoms with E-state index >= 15 is 0 Å². The lowest BCUT2D eigenvalue weighted by molar-refractivity contribution is 0.538. The minimum Gasteiger partial charge on any atom is -0.313 e. The molecule has 2 aliphatic rings. The van der Waals surface area contributed by atoms with E-state index in [1.165, 1.54) is 12.8 Å². The van der Waals surface area contributed by atoms with E-state index in [0.717, 1.165) is 6.42 Å². The van der Waals surface area contributed by atoms with Crippen molar-refractivity contribution in [1.82, 2.24) is 10.0 Å². The molecule has 5 heteroatoms. The highest BCUT2D eigenvalue weighted by Gasteiger charge is 2.48. The van der Waals surface area contributed by atoms with Crippen LogP contribution >= 0.6 is 0 Å². The summed E-state index contributed by atoms with van der Waals surface area (Å²) in [7, 11) is -3.15. The van der Waals surface area contributed by atoms with Gasteiger partial charge in [-0.05, 0) is 31.6 Å². The van der Waals surface area contributed by atoms with E-state index in [4.69, 9.17) is 0 Å². The third kappa shape index (κ3) is 2.96. The molecule has 0 aliphatic heterocycles. The molecule has 2 N–H and O–H groups in total. The Hall–Kier alpha value is -0.130. The van der Waals surface area contributed by atoms with Gasteiger partial charge < -0.3 is 5.32 Å². The quantitative estimate of drug-likeness (QED) is 0.730. The van der Waals surface area contributed by atoms with Crippen molar-refractivity contribution in [1.29, 1.82) is 0 Å². The van der Waals surface area contributed by atoms with Crippen molar-refractivity contribution in [3.05, 3.63) is 0 Å². The molecule has 2 aliphatic carbocycles. The summed E-state index contributed by atoms with van der Waals surface area (Å²) < 4.78 is 26.7. The molecule has 2 unspecified atom stereocenters. The fraction of sp³-hybridized carbons (Fsp3) is 1.00. The Balaban J connectivity index is 1.80. The summed E-state index contributed by atoms with van der Waals surface area (Å²) in [5, 5.41) is 2.91. The first-order valence-electron chi connectivity index (χ1n) is 6.06. The lowest BCUT2D eigenvalue weighted by Crippen LogP contribution is -2.41. The van der Waals surface area contributed by atoms with Crippen molar-refractivity contribution in [2.24, 2.45) is 5.41 Å². The highest BCUT2D eigenvalue weighted by atomic mass is 32.2. The van der Waals surface area contributed by atoms with Gasteiger partial charge in [-0.1, -0.05) is 13.8 Å². The Labute approximate surface area is 98.2 Å². The van der Waals surface area contributed by atoms with Gasteiger partial charge in [0.15, 0.2) is 0 Å². The van der Waals surface area contributed by atoms with Crippen molar-refractivity contribution < 1.29 is 8.42 Å². The molecule has 4 nitrogen and oxygen atoms in total. The average Bonchev–Trinajstić information content (AvgIpc) is 3.02. The zero-order valence-corrected chi connectivity index (χ0v) is 11.1. The lowest BCUT2D eigenvalue weighted by atomic mass is 10.2. The van der Waals surface area contributed by atoms with Crippen LogP contribution in [-0.2, 0) is 10.0 Å². The molecule has 0 saturated heterocycles. The summed E-state index contributed by atoms with van der Waals surface area (Å²) in [6.45, 7) is 6.51. The first kappa shape index (κ1) is 12.3. The minimum absolute atomic E-state index is 0.140. The number of nitrogens with one attached hydrogen (secondary N) is 2. The van der Waals surface area contributed by atoms with Gasteiger partial charge in [-0.3, -0.25) is 0 Å². The number of hydrogen-bond acceptors (Lipinski definition) is 3. The molecule has 2 saturated carbocycles. The molecule has 0 aromatic heterocycles. The SMILES string of the molecule is CC(CNC1CC1)S(=O)(=O)NC1CC1(C)C. The molecule has 2 atom stereocenters. The monoisotopic (exact) mass is 246 g/mol. The number of sulfonamides is 1. The first-order chi connectivity index (χ1) is 7.31. The van der Waals surface area contributed by atoms with Crippen molar-refractivity contribution in [3.63, 3.8) is 0 Å². The maximum atomic E-state index is 12.0. The van der Waals surface area contributed by atoms with Crippen LogP contribution < -0.4 is 10.0 Å². The summed E-state index contributed by atoms with van der Waals surface area (Å²) in [6, 6.07) is 0.705. The molecule has 0 amide bonds. The average molecular weight is 246 g/mol. The van der Waals surface area contributed by atoms with Gasteiger partial charge in [-0.15, -0.1) is 0 Å². The predicted octanol–water partition coefficient (Wildman–Crippen LogP) is 0.845. The van der Waals surface area contributed by atoms with Crippen molar-refractivity contribution >= 4 is 10.0 Å². The topological polar surface area (TPSA) is 58.2 Å². The molecule has 0 heterocycles. The predicted molar refractivity (Wildman–Crippen MR) is 64.7 cm³/mol. The summed E-state index contributed by atoms with van der Waals surface area (Å²) >= 11 is 0. The fourth-order valence-corrected chi connectivity index (χ4v) is 3.06. The van der Waals surface area contributed by atoms with E-state index < -0.39 is 10.0 Å². The van der Waals surface area contributed by atoms with Crippen LogP contribution in [0.15, 0.2) is 0 Å². The molecule has 0 aromatic carbocycles. The van der Waals surface area contributed by atoms with Gasteiger partial charge in [-0.25, -0.2) is 13.1 Å². The third-order valence-corrected chi connectivity index (χ3v) is 5.46. The summed E-state index contributed by atoms with van der Waals surface area (Å²) in [5.41, 5.74) is 0.150. The van der Waals surface area contributed by atoms with Crippen LogP contribution in [0.3, 0.4) is 0 Å². The largest absolute Gasteiger partial charge is 0.313 e. The Morgan fingerprint density at radius 2 is 1.94 bits per heavy atom. The van der Waals surface area contributed by atoms with Crippen LogP contribution in [0.4, 0.5) is 0 Å². The molecule has 94 valence electrons. The molecule has 0 spiro atoms. The van der Waals surface area contributed by atoms with Crippen LogP contribution in [0, 0.1) is 5.41 Å². The summed E-state index contributed by atoms with van der Waals surface area (Å²) in [6.07, 6.45) is 3.33. The van der Waals surface area contributed by atoms with Crippen LogP contribution in [0.2, 0.25) is 0 Å². The van der Waals surface area contributed by atoms with Gasteiger partial charge in [0.2, 0.25) is 10.0 Å². The summed E-state index contributed by atoms with van der Waals surface area (Å²) in [4.78, 5) is 0. The van der Waals surface area contributed by atoms with Crippen molar-refractivity contribution in [2.75, 3.05) is 6.54 Å². The molecular weight excluding hydrogens is 224 g/mol. The van der Waals surface area contributed by atoms with Crippen LogP contribution in [0.25, 0.3) is 0 Å². The Morgan fingerprint density at radius 1 is 1.38 bits per heavy atom. The maximum Gasteiger partial charge on any atom is 0.215 e. The standard InChI is InChI=1S/C11H22N2O2S/c1-8(7-12-9-4-5-9)16(14,15)13-10-6-11(10,2)3/h8-10,12-13H,4-7H2,1-3H3. The fourth-order valence-electron chi connectivity index (χ4n) is 1.71. The van der Waals surface area contributed by atoms with Crippen LogP contribution in [-0.4, -0.2) is 32.3 Å². The second-order valence-corrected chi connectivity index (χ2v) is 8.03. The minimum atomic E-state index is -3.15. The van der Waals surface area contributed by atoms with Crippen molar-refractivity contribution in [2.45, 2.75) is 57.4 Å². The van der Waals surface area contributed by atoms with Gasteiger partial charge in [0.05, 0.1) is 5.25 Å². The molecule has 0 radical (unpaired) electrons. The molecule has 2 rings (SSSR count). The Morgan fingerprint density at radius 3 is 2.38 bits per heavy atom. The first-order valence-corrected chi connectivity index (χ1v) is 7.60. The molecule has 0 bridgehead atoms. The van der Waals surface area contributed by atoms with Gasteiger partial charge in [0.25, 0.3) is 0 Å². The smallest absolute Gasteiger partial charge is 0.215 e. The third-order valence-electron chi connectivity index (χ3n) is 3.62. The van der Waals surface area contributed by atoms with Gasteiger partial charge in [0.1, 0.15) is 0 Å². The molecule has 2 fully saturated rings. The maximum absolute atomic E-state index is 12.0. The molecular formula is C11H22N2O2S. The normalized spacial score (nSPS) is 30.1. The molecule has 16 heavy (non-hydrogen) atoms. The Kier molecular flexibility index (Phi) is 3.05. The lowest BCUT2D eigenvalue weighted by Gasteiger charge is -2.15. The van der Waals surface area contributed by atoms with Gasteiger partial charge >= 0.3 is 0 Å². The zero-order chi connectivity index (χ0) is 12.0. The highest BCUT2D eigenvalue weighted by molar-refractivity contribution is 7.90. The highest BCUT2D eigenvalue weighted by Crippen LogP contribution is 2.45. The van der Waals surface area contributed by atoms with Crippen LogP contribution in [0.1, 0.15) is 40.0 Å². The number of hydrogen-bond donors (Lipinski definition) is 2. The van der Waals surface area contributed by atoms with Gasteiger partial charge in [0, 0.05) is 18.6 Å².